The van der Waals surface area contributed by atoms with Crippen LogP contribution in [0.15, 0.2) is 53.5 Å². The lowest BCUT2D eigenvalue weighted by Crippen LogP contribution is -2.38. The monoisotopic (exact) mass is 341 g/mol. The zero-order valence-corrected chi connectivity index (χ0v) is 14.5. The highest BCUT2D eigenvalue weighted by molar-refractivity contribution is 5.92. The number of rotatable bonds is 4. The molecule has 2 aromatic rings. The summed E-state index contributed by atoms with van der Waals surface area (Å²) in [6, 6.07) is 14.7. The molecule has 1 heterocycles. The number of guanidine groups is 1. The number of nitrogens with two attached hydrogens (primary N) is 1. The van der Waals surface area contributed by atoms with E-state index in [0.717, 1.165) is 24.1 Å². The van der Waals surface area contributed by atoms with Gasteiger partial charge in [-0.15, -0.1) is 0 Å². The van der Waals surface area contributed by atoms with Gasteiger partial charge in [0.25, 0.3) is 0 Å². The Kier molecular flexibility index (Phi) is 5.34. The normalized spacial score (nSPS) is 17.3. The Morgan fingerprint density at radius 2 is 1.76 bits per heavy atom. The number of nitrogens with zero attached hydrogens (tertiary/aromatic N) is 1. The van der Waals surface area contributed by atoms with Crippen LogP contribution < -0.4 is 11.1 Å². The quantitative estimate of drug-likeness (QED) is 0.660. The summed E-state index contributed by atoms with van der Waals surface area (Å²) in [5.74, 6) is 0.159. The lowest BCUT2D eigenvalue weighted by Gasteiger charge is -2.36. The molecular weight excluding hydrogens is 317 g/mol. The van der Waals surface area contributed by atoms with E-state index in [1.165, 1.54) is 17.7 Å². The molecule has 0 bridgehead atoms. The van der Waals surface area contributed by atoms with Crippen molar-refractivity contribution in [1.29, 1.82) is 0 Å². The third-order valence-electron chi connectivity index (χ3n) is 4.78. The van der Waals surface area contributed by atoms with Gasteiger partial charge < -0.3 is 15.8 Å². The summed E-state index contributed by atoms with van der Waals surface area (Å²) >= 11 is 0. The lowest BCUT2D eigenvalue weighted by molar-refractivity contribution is 0.0531. The topological polar surface area (TPSA) is 59.6 Å². The average Bonchev–Trinajstić information content (AvgIpc) is 2.63. The molecular formula is C20H24FN3O. The highest BCUT2D eigenvalue weighted by atomic mass is 19.1. The summed E-state index contributed by atoms with van der Waals surface area (Å²) in [6.45, 7) is 3.95. The molecule has 2 aromatic carbocycles. The molecule has 132 valence electrons. The summed E-state index contributed by atoms with van der Waals surface area (Å²) < 4.78 is 18.8. The first-order valence-electron chi connectivity index (χ1n) is 8.55. The molecule has 1 aliphatic heterocycles. The molecule has 25 heavy (non-hydrogen) atoms. The van der Waals surface area contributed by atoms with E-state index in [9.17, 15) is 4.39 Å². The van der Waals surface area contributed by atoms with E-state index in [4.69, 9.17) is 10.5 Å². The molecule has 3 N–H and O–H groups in total. The van der Waals surface area contributed by atoms with Crippen LogP contribution in [0.2, 0.25) is 0 Å². The van der Waals surface area contributed by atoms with Gasteiger partial charge in [-0.05, 0) is 49.6 Å². The van der Waals surface area contributed by atoms with Crippen molar-refractivity contribution in [2.45, 2.75) is 25.2 Å². The molecule has 0 saturated carbocycles. The van der Waals surface area contributed by atoms with Crippen LogP contribution in [0.1, 0.15) is 24.0 Å². The molecule has 1 saturated heterocycles. The van der Waals surface area contributed by atoms with Gasteiger partial charge in [-0.2, -0.15) is 0 Å². The highest BCUT2D eigenvalue weighted by Crippen LogP contribution is 2.35. The van der Waals surface area contributed by atoms with E-state index in [0.29, 0.717) is 25.7 Å². The maximum absolute atomic E-state index is 13.3. The molecule has 1 aliphatic rings. The van der Waals surface area contributed by atoms with Crippen LogP contribution >= 0.6 is 0 Å². The van der Waals surface area contributed by atoms with E-state index >= 15 is 0 Å². The Hall–Kier alpha value is -2.40. The molecule has 1 fully saturated rings. The van der Waals surface area contributed by atoms with Crippen LogP contribution in [0.3, 0.4) is 0 Å². The summed E-state index contributed by atoms with van der Waals surface area (Å²) in [7, 11) is 0. The number of aryl methyl sites for hydroxylation is 1. The molecule has 3 rings (SSSR count). The Morgan fingerprint density at radius 1 is 1.12 bits per heavy atom. The molecule has 0 spiro atoms. The van der Waals surface area contributed by atoms with Crippen molar-refractivity contribution in [1.82, 2.24) is 0 Å². The molecule has 0 aromatic heterocycles. The van der Waals surface area contributed by atoms with Gasteiger partial charge in [-0.3, -0.25) is 4.99 Å². The SMILES string of the molecule is Cc1ccc(NC(N)=NCC2(c3ccc(F)cc3)CCOCC2)cc1. The molecule has 0 unspecified atom stereocenters. The molecule has 0 atom stereocenters. The van der Waals surface area contributed by atoms with Crippen molar-refractivity contribution in [2.24, 2.45) is 10.7 Å². The van der Waals surface area contributed by atoms with Gasteiger partial charge in [-0.25, -0.2) is 4.39 Å². The lowest BCUT2D eigenvalue weighted by atomic mass is 9.74. The number of hydrogen-bond acceptors (Lipinski definition) is 2. The predicted octanol–water partition coefficient (Wildman–Crippen LogP) is 3.61. The standard InChI is InChI=1S/C20H24FN3O/c1-15-2-8-18(9-3-15)24-19(22)23-14-20(10-12-25-13-11-20)16-4-6-17(21)7-5-16/h2-9H,10-14H2,1H3,(H3,22,23,24). The van der Waals surface area contributed by atoms with Crippen molar-refractivity contribution in [3.05, 3.63) is 65.5 Å². The van der Waals surface area contributed by atoms with Crippen molar-refractivity contribution in [3.63, 3.8) is 0 Å². The average molecular weight is 341 g/mol. The Bertz CT molecular complexity index is 720. The maximum Gasteiger partial charge on any atom is 0.193 e. The number of benzene rings is 2. The second-order valence-corrected chi connectivity index (χ2v) is 6.59. The summed E-state index contributed by atoms with van der Waals surface area (Å²) in [5.41, 5.74) is 9.10. The smallest absolute Gasteiger partial charge is 0.193 e. The second-order valence-electron chi connectivity index (χ2n) is 6.59. The van der Waals surface area contributed by atoms with Crippen LogP contribution in [-0.2, 0) is 10.2 Å². The van der Waals surface area contributed by atoms with Crippen LogP contribution in [0.25, 0.3) is 0 Å². The van der Waals surface area contributed by atoms with Gasteiger partial charge in [0.1, 0.15) is 5.82 Å². The molecule has 5 heteroatoms. The minimum Gasteiger partial charge on any atom is -0.381 e. The number of hydrogen-bond donors (Lipinski definition) is 2. The number of nitrogens with one attached hydrogen (secondary N) is 1. The second kappa shape index (κ2) is 7.66. The number of ether oxygens (including phenoxy) is 1. The van der Waals surface area contributed by atoms with Crippen molar-refractivity contribution >= 4 is 11.6 Å². The minimum absolute atomic E-state index is 0.161. The van der Waals surface area contributed by atoms with Gasteiger partial charge >= 0.3 is 0 Å². The molecule has 0 amide bonds. The molecule has 4 nitrogen and oxygen atoms in total. The third kappa shape index (κ3) is 4.37. The third-order valence-corrected chi connectivity index (χ3v) is 4.78. The van der Waals surface area contributed by atoms with E-state index < -0.39 is 0 Å². The summed E-state index contributed by atoms with van der Waals surface area (Å²) in [5, 5.41) is 3.12. The van der Waals surface area contributed by atoms with Gasteiger partial charge in [0.05, 0.1) is 6.54 Å². The summed E-state index contributed by atoms with van der Waals surface area (Å²) in [6.07, 6.45) is 1.69. The van der Waals surface area contributed by atoms with Crippen LogP contribution in [-0.4, -0.2) is 25.7 Å². The fraction of sp³-hybridized carbons (Fsp3) is 0.350. The van der Waals surface area contributed by atoms with Crippen molar-refractivity contribution < 1.29 is 9.13 Å². The molecule has 0 aliphatic carbocycles. The minimum atomic E-state index is -0.227. The summed E-state index contributed by atoms with van der Waals surface area (Å²) in [4.78, 5) is 4.57. The van der Waals surface area contributed by atoms with Crippen molar-refractivity contribution in [2.75, 3.05) is 25.1 Å². The van der Waals surface area contributed by atoms with E-state index in [1.54, 1.807) is 0 Å². The Balaban J connectivity index is 1.75. The molecule has 0 radical (unpaired) electrons. The van der Waals surface area contributed by atoms with Crippen LogP contribution in [0.5, 0.6) is 0 Å². The number of halogens is 1. The fourth-order valence-electron chi connectivity index (χ4n) is 3.16. The Morgan fingerprint density at radius 3 is 2.40 bits per heavy atom. The van der Waals surface area contributed by atoms with E-state index in [-0.39, 0.29) is 11.2 Å². The predicted molar refractivity (Wildman–Crippen MR) is 99.4 cm³/mol. The van der Waals surface area contributed by atoms with Gasteiger partial charge in [0, 0.05) is 24.3 Å². The highest BCUT2D eigenvalue weighted by Gasteiger charge is 2.34. The van der Waals surface area contributed by atoms with Gasteiger partial charge in [0.15, 0.2) is 5.96 Å². The van der Waals surface area contributed by atoms with Gasteiger partial charge in [-0.1, -0.05) is 29.8 Å². The zero-order chi connectivity index (χ0) is 17.7. The van der Waals surface area contributed by atoms with Crippen LogP contribution in [0, 0.1) is 12.7 Å². The number of aliphatic imine (C=N–C) groups is 1. The first kappa shape index (κ1) is 17.4. The van der Waals surface area contributed by atoms with Crippen molar-refractivity contribution in [3.8, 4) is 0 Å². The largest absolute Gasteiger partial charge is 0.381 e. The Labute approximate surface area is 147 Å². The first-order valence-corrected chi connectivity index (χ1v) is 8.55. The fourth-order valence-corrected chi connectivity index (χ4v) is 3.16. The van der Waals surface area contributed by atoms with E-state index in [1.807, 2.05) is 43.3 Å². The first-order chi connectivity index (χ1) is 12.1. The van der Waals surface area contributed by atoms with Gasteiger partial charge in [0.2, 0.25) is 0 Å². The maximum atomic E-state index is 13.3. The van der Waals surface area contributed by atoms with E-state index in [2.05, 4.69) is 10.3 Å². The van der Waals surface area contributed by atoms with Crippen LogP contribution in [0.4, 0.5) is 10.1 Å². The zero-order valence-electron chi connectivity index (χ0n) is 14.5. The number of anilines is 1.